The van der Waals surface area contributed by atoms with Crippen LogP contribution in [0.1, 0.15) is 71.0 Å². The van der Waals surface area contributed by atoms with Crippen LogP contribution in [0, 0.1) is 0 Å². The molecule has 0 saturated heterocycles. The maximum absolute atomic E-state index is 13.7. The Balaban J connectivity index is 1.59. The molecule has 0 radical (unpaired) electrons. The van der Waals surface area contributed by atoms with Crippen LogP contribution in [0.4, 0.5) is 5.69 Å². The van der Waals surface area contributed by atoms with Gasteiger partial charge in [0.15, 0.2) is 0 Å². The predicted octanol–water partition coefficient (Wildman–Crippen LogP) is 6.58. The lowest BCUT2D eigenvalue weighted by atomic mass is 9.81. The van der Waals surface area contributed by atoms with E-state index in [0.29, 0.717) is 17.0 Å². The minimum atomic E-state index is -2.05. The molecule has 51 heavy (non-hydrogen) atoms. The van der Waals surface area contributed by atoms with Gasteiger partial charge in [0.05, 0.1) is 30.9 Å². The topological polar surface area (TPSA) is 128 Å². The second kappa shape index (κ2) is 17.2. The fourth-order valence-electron chi connectivity index (χ4n) is 5.56. The molecular weight excluding hydrogens is 648 g/mol. The van der Waals surface area contributed by atoms with Crippen molar-refractivity contribution in [1.29, 1.82) is 0 Å². The van der Waals surface area contributed by atoms with E-state index < -0.39 is 41.7 Å². The third kappa shape index (κ3) is 8.88. The van der Waals surface area contributed by atoms with Gasteiger partial charge >= 0.3 is 17.9 Å². The van der Waals surface area contributed by atoms with Gasteiger partial charge in [-0.1, -0.05) is 92.7 Å². The van der Waals surface area contributed by atoms with Crippen LogP contribution in [0.25, 0.3) is 11.1 Å². The summed E-state index contributed by atoms with van der Waals surface area (Å²) in [5.41, 5.74) is 2.27. The summed E-state index contributed by atoms with van der Waals surface area (Å²) in [6.07, 6.45) is -0.298. The molecule has 0 bridgehead atoms. The Hall–Kier alpha value is -5.77. The summed E-state index contributed by atoms with van der Waals surface area (Å²) < 4.78 is 16.1. The molecule has 10 heteroatoms. The normalized spacial score (nSPS) is 11.0. The summed E-state index contributed by atoms with van der Waals surface area (Å²) in [5, 5.41) is 2.89. The largest absolute Gasteiger partial charge is 0.465 e. The molecule has 4 rings (SSSR count). The van der Waals surface area contributed by atoms with Crippen LogP contribution >= 0.6 is 0 Å². The molecule has 0 saturated carbocycles. The Bertz CT molecular complexity index is 1850. The van der Waals surface area contributed by atoms with E-state index in [1.807, 2.05) is 36.4 Å². The Kier molecular flexibility index (Phi) is 12.9. The number of rotatable bonds is 14. The number of carbonyl (C=O) groups is 5. The van der Waals surface area contributed by atoms with Gasteiger partial charge in [-0.25, -0.2) is 0 Å². The summed E-state index contributed by atoms with van der Waals surface area (Å²) in [4.78, 5) is 68.3. The second-order valence-electron chi connectivity index (χ2n) is 12.4. The standard InChI is InChI=1S/C41H44N2O8/c1-7-49-39(47)41(40(48)50-8-2,31-14-10-9-11-15-31)26-51-36(44)25-28-18-23-35(34(24-28)38(46)43(5)6)42-37(45)33-17-13-12-16-32(33)30-21-19-29(20-22-30)27(3)4/h9-24,27H,7-8,25-26H2,1-6H3,(H,42,45). The minimum Gasteiger partial charge on any atom is -0.465 e. The summed E-state index contributed by atoms with van der Waals surface area (Å²) in [7, 11) is 3.16. The quantitative estimate of drug-likeness (QED) is 0.0892. The van der Waals surface area contributed by atoms with Gasteiger partial charge in [-0.2, -0.15) is 0 Å². The van der Waals surface area contributed by atoms with Crippen LogP contribution in [0.2, 0.25) is 0 Å². The Labute approximate surface area is 298 Å². The Morgan fingerprint density at radius 1 is 0.725 bits per heavy atom. The summed E-state index contributed by atoms with van der Waals surface area (Å²) >= 11 is 0. The number of nitrogens with zero attached hydrogens (tertiary/aromatic N) is 1. The highest BCUT2D eigenvalue weighted by Crippen LogP contribution is 2.30. The number of carbonyl (C=O) groups excluding carboxylic acids is 5. The van der Waals surface area contributed by atoms with E-state index >= 15 is 0 Å². The average Bonchev–Trinajstić information content (AvgIpc) is 3.13. The van der Waals surface area contributed by atoms with Crippen LogP contribution in [-0.2, 0) is 40.4 Å². The van der Waals surface area contributed by atoms with E-state index in [1.165, 1.54) is 16.5 Å². The van der Waals surface area contributed by atoms with Crippen molar-refractivity contribution in [1.82, 2.24) is 4.90 Å². The van der Waals surface area contributed by atoms with Crippen LogP contribution in [0.15, 0.2) is 97.1 Å². The van der Waals surface area contributed by atoms with Crippen molar-refractivity contribution in [3.8, 4) is 11.1 Å². The molecule has 0 aliphatic carbocycles. The number of anilines is 1. The molecule has 0 spiro atoms. The molecule has 266 valence electrons. The molecule has 0 unspecified atom stereocenters. The van der Waals surface area contributed by atoms with Crippen molar-refractivity contribution in [2.45, 2.75) is 45.4 Å². The van der Waals surface area contributed by atoms with Gasteiger partial charge in [-0.15, -0.1) is 0 Å². The number of esters is 3. The lowest BCUT2D eigenvalue weighted by Gasteiger charge is -2.29. The number of hydrogen-bond acceptors (Lipinski definition) is 8. The van der Waals surface area contributed by atoms with Crippen molar-refractivity contribution >= 4 is 35.4 Å². The van der Waals surface area contributed by atoms with Crippen molar-refractivity contribution in [2.75, 3.05) is 39.2 Å². The molecular formula is C41H44N2O8. The second-order valence-corrected chi connectivity index (χ2v) is 12.4. The summed E-state index contributed by atoms with van der Waals surface area (Å²) in [6, 6.07) is 28.1. The third-order valence-electron chi connectivity index (χ3n) is 8.34. The molecule has 4 aromatic carbocycles. The predicted molar refractivity (Wildman–Crippen MR) is 194 cm³/mol. The van der Waals surface area contributed by atoms with E-state index in [9.17, 15) is 24.0 Å². The molecule has 4 aromatic rings. The molecule has 0 heterocycles. The molecule has 1 N–H and O–H groups in total. The first-order valence-corrected chi connectivity index (χ1v) is 16.8. The van der Waals surface area contributed by atoms with Crippen LogP contribution in [0.5, 0.6) is 0 Å². The highest BCUT2D eigenvalue weighted by Gasteiger charge is 2.52. The zero-order chi connectivity index (χ0) is 37.1. The SMILES string of the molecule is CCOC(=O)C(COC(=O)Cc1ccc(NC(=O)c2ccccc2-c2ccc(C(C)C)cc2)c(C(=O)N(C)C)c1)(C(=O)OCC)c1ccccc1. The first-order chi connectivity index (χ1) is 24.4. The van der Waals surface area contributed by atoms with Crippen molar-refractivity contribution in [3.63, 3.8) is 0 Å². The highest BCUT2D eigenvalue weighted by molar-refractivity contribution is 6.12. The molecule has 10 nitrogen and oxygen atoms in total. The van der Waals surface area contributed by atoms with Crippen molar-refractivity contribution in [3.05, 3.63) is 125 Å². The Morgan fingerprint density at radius 2 is 1.33 bits per heavy atom. The Morgan fingerprint density at radius 3 is 1.92 bits per heavy atom. The number of amides is 2. The first-order valence-electron chi connectivity index (χ1n) is 16.8. The molecule has 0 aliphatic rings. The maximum Gasteiger partial charge on any atom is 0.331 e. The number of benzene rings is 4. The summed E-state index contributed by atoms with van der Waals surface area (Å²) in [6.45, 7) is 6.76. The smallest absolute Gasteiger partial charge is 0.331 e. The number of hydrogen-bond donors (Lipinski definition) is 1. The fourth-order valence-corrected chi connectivity index (χ4v) is 5.56. The number of ether oxygens (including phenoxy) is 3. The zero-order valence-electron chi connectivity index (χ0n) is 29.9. The van der Waals surface area contributed by atoms with Gasteiger partial charge in [0.2, 0.25) is 5.41 Å². The third-order valence-corrected chi connectivity index (χ3v) is 8.34. The van der Waals surface area contributed by atoms with Crippen LogP contribution < -0.4 is 5.32 Å². The maximum atomic E-state index is 13.7. The molecule has 0 atom stereocenters. The molecule has 0 aliphatic heterocycles. The van der Waals surface area contributed by atoms with Crippen molar-refractivity contribution in [2.24, 2.45) is 0 Å². The van der Waals surface area contributed by atoms with Crippen molar-refractivity contribution < 1.29 is 38.2 Å². The minimum absolute atomic E-state index is 0.0106. The number of nitrogens with one attached hydrogen (secondary N) is 1. The fraction of sp³-hybridized carbons (Fsp3) is 0.293. The van der Waals surface area contributed by atoms with E-state index in [2.05, 4.69) is 19.2 Å². The van der Waals surface area contributed by atoms with Gasteiger partial charge in [-0.05, 0) is 65.8 Å². The highest BCUT2D eigenvalue weighted by atomic mass is 16.6. The van der Waals surface area contributed by atoms with E-state index in [1.54, 1.807) is 82.5 Å². The average molecular weight is 693 g/mol. The van der Waals surface area contributed by atoms with Gasteiger partial charge < -0.3 is 24.4 Å². The lowest BCUT2D eigenvalue weighted by Crippen LogP contribution is -2.50. The molecule has 0 aromatic heterocycles. The van der Waals surface area contributed by atoms with Crippen LogP contribution in [-0.4, -0.2) is 68.5 Å². The molecule has 2 amide bonds. The van der Waals surface area contributed by atoms with Gasteiger partial charge in [-0.3, -0.25) is 24.0 Å². The van der Waals surface area contributed by atoms with Gasteiger partial charge in [0.25, 0.3) is 11.8 Å². The van der Waals surface area contributed by atoms with E-state index in [-0.39, 0.29) is 36.4 Å². The summed E-state index contributed by atoms with van der Waals surface area (Å²) in [5.74, 6) is -3.01. The van der Waals surface area contributed by atoms with E-state index in [0.717, 1.165) is 11.1 Å². The van der Waals surface area contributed by atoms with E-state index in [4.69, 9.17) is 14.2 Å². The first kappa shape index (κ1) is 38.0. The van der Waals surface area contributed by atoms with Crippen LogP contribution in [0.3, 0.4) is 0 Å². The molecule has 0 fully saturated rings. The van der Waals surface area contributed by atoms with Gasteiger partial charge in [0.1, 0.15) is 6.61 Å². The van der Waals surface area contributed by atoms with Gasteiger partial charge in [0, 0.05) is 19.7 Å². The zero-order valence-corrected chi connectivity index (χ0v) is 29.9. The lowest BCUT2D eigenvalue weighted by molar-refractivity contribution is -0.170. The monoisotopic (exact) mass is 692 g/mol.